The molecule has 1 rings (SSSR count). The smallest absolute Gasteiger partial charge is 0.271 e. The van der Waals surface area contributed by atoms with E-state index in [4.69, 9.17) is 16.3 Å². The van der Waals surface area contributed by atoms with Gasteiger partial charge in [-0.2, -0.15) is 0 Å². The first kappa shape index (κ1) is 12.4. The monoisotopic (exact) mass is 241 g/mol. The molecule has 0 radical (unpaired) electrons. The van der Waals surface area contributed by atoms with Gasteiger partial charge in [0.2, 0.25) is 0 Å². The second-order valence-corrected chi connectivity index (χ2v) is 3.28. The molecular formula is C10H12ClN3O2. The van der Waals surface area contributed by atoms with Gasteiger partial charge in [0.1, 0.15) is 0 Å². The molecule has 1 heterocycles. The largest absolute Gasteiger partial charge is 0.502 e. The zero-order valence-electron chi connectivity index (χ0n) is 8.65. The molecule has 16 heavy (non-hydrogen) atoms. The molecule has 0 aliphatic rings. The second kappa shape index (κ2) is 6.79. The van der Waals surface area contributed by atoms with Crippen molar-refractivity contribution in [2.24, 2.45) is 0 Å². The molecule has 0 aromatic carbocycles. The Labute approximate surface area is 98.5 Å². The van der Waals surface area contributed by atoms with Crippen LogP contribution < -0.4 is 5.32 Å². The normalized spacial score (nSPS) is 9.56. The van der Waals surface area contributed by atoms with Crippen molar-refractivity contribution < 1.29 is 9.53 Å². The van der Waals surface area contributed by atoms with E-state index in [0.29, 0.717) is 19.6 Å². The van der Waals surface area contributed by atoms with Crippen molar-refractivity contribution in [2.45, 2.75) is 6.42 Å². The summed E-state index contributed by atoms with van der Waals surface area (Å²) >= 11 is 5.55. The number of carbonyl (C=O) groups is 1. The first-order valence-electron chi connectivity index (χ1n) is 4.74. The van der Waals surface area contributed by atoms with Crippen LogP contribution in [0.25, 0.3) is 0 Å². The Morgan fingerprint density at radius 1 is 1.56 bits per heavy atom. The van der Waals surface area contributed by atoms with Gasteiger partial charge in [-0.05, 0) is 18.6 Å². The van der Waals surface area contributed by atoms with Crippen molar-refractivity contribution in [3.8, 4) is 0 Å². The lowest BCUT2D eigenvalue weighted by atomic mass is 10.3. The van der Waals surface area contributed by atoms with Crippen LogP contribution in [0.1, 0.15) is 16.9 Å². The molecule has 1 amide bonds. The van der Waals surface area contributed by atoms with Crippen molar-refractivity contribution >= 4 is 17.5 Å². The Balaban J connectivity index is 2.29. The minimum atomic E-state index is -0.275. The van der Waals surface area contributed by atoms with Crippen LogP contribution in [0.4, 0.5) is 0 Å². The minimum Gasteiger partial charge on any atom is -0.502 e. The van der Waals surface area contributed by atoms with E-state index in [0.717, 1.165) is 0 Å². The van der Waals surface area contributed by atoms with Gasteiger partial charge in [-0.3, -0.25) is 4.79 Å². The van der Waals surface area contributed by atoms with Gasteiger partial charge in [0.05, 0.1) is 12.9 Å². The van der Waals surface area contributed by atoms with E-state index in [2.05, 4.69) is 22.1 Å². The number of hydrogen-bond acceptors (Lipinski definition) is 4. The second-order valence-electron chi connectivity index (χ2n) is 2.89. The highest BCUT2D eigenvalue weighted by molar-refractivity contribution is 6.29. The summed E-state index contributed by atoms with van der Waals surface area (Å²) in [6.07, 6.45) is 2.07. The molecule has 0 unspecified atom stereocenters. The molecule has 6 heteroatoms. The van der Waals surface area contributed by atoms with Gasteiger partial charge in [0.25, 0.3) is 5.91 Å². The molecule has 0 fully saturated rings. The Morgan fingerprint density at radius 3 is 3.00 bits per heavy atom. The van der Waals surface area contributed by atoms with Gasteiger partial charge < -0.3 is 10.1 Å². The summed E-state index contributed by atoms with van der Waals surface area (Å²) in [6, 6.07) is 3.04. The lowest BCUT2D eigenvalue weighted by Crippen LogP contribution is -2.26. The molecule has 86 valence electrons. The van der Waals surface area contributed by atoms with Crippen LogP contribution in [0.2, 0.25) is 5.15 Å². The fourth-order valence-corrected chi connectivity index (χ4v) is 1.07. The van der Waals surface area contributed by atoms with Gasteiger partial charge >= 0.3 is 0 Å². The van der Waals surface area contributed by atoms with E-state index in [9.17, 15) is 4.79 Å². The number of aromatic nitrogens is 2. The standard InChI is InChI=1S/C10H12ClN3O2/c1-2-16-7-3-6-12-10(15)8-4-5-9(11)14-13-8/h2,4-5H,1,3,6-7H2,(H,12,15). The van der Waals surface area contributed by atoms with Crippen molar-refractivity contribution in [3.05, 3.63) is 35.8 Å². The molecule has 0 atom stereocenters. The highest BCUT2D eigenvalue weighted by Gasteiger charge is 2.06. The van der Waals surface area contributed by atoms with Gasteiger partial charge in [0, 0.05) is 6.54 Å². The summed E-state index contributed by atoms with van der Waals surface area (Å²) < 4.78 is 4.90. The quantitative estimate of drug-likeness (QED) is 0.604. The van der Waals surface area contributed by atoms with E-state index in [1.54, 1.807) is 0 Å². The first-order chi connectivity index (χ1) is 7.74. The van der Waals surface area contributed by atoms with E-state index < -0.39 is 0 Å². The molecule has 1 aromatic heterocycles. The number of nitrogens with one attached hydrogen (secondary N) is 1. The summed E-state index contributed by atoms with van der Waals surface area (Å²) in [6.45, 7) is 4.44. The number of ether oxygens (including phenoxy) is 1. The van der Waals surface area contributed by atoms with E-state index in [-0.39, 0.29) is 16.8 Å². The third-order valence-electron chi connectivity index (χ3n) is 1.71. The maximum absolute atomic E-state index is 11.5. The third-order valence-corrected chi connectivity index (χ3v) is 1.91. The topological polar surface area (TPSA) is 64.1 Å². The predicted octanol–water partition coefficient (Wildman–Crippen LogP) is 1.41. The molecule has 0 saturated carbocycles. The zero-order chi connectivity index (χ0) is 11.8. The van der Waals surface area contributed by atoms with Crippen LogP contribution >= 0.6 is 11.6 Å². The fraction of sp³-hybridized carbons (Fsp3) is 0.300. The Hall–Kier alpha value is -1.62. The Bertz CT molecular complexity index is 354. The first-order valence-corrected chi connectivity index (χ1v) is 5.12. The molecule has 1 aromatic rings. The van der Waals surface area contributed by atoms with Gasteiger partial charge in [-0.1, -0.05) is 18.2 Å². The molecule has 5 nitrogen and oxygen atoms in total. The predicted molar refractivity (Wildman–Crippen MR) is 60.1 cm³/mol. The van der Waals surface area contributed by atoms with Crippen LogP contribution in [-0.2, 0) is 4.74 Å². The Morgan fingerprint density at radius 2 is 2.38 bits per heavy atom. The Kier molecular flexibility index (Phi) is 5.28. The van der Waals surface area contributed by atoms with Crippen molar-refractivity contribution in [1.29, 1.82) is 0 Å². The molecule has 0 saturated heterocycles. The summed E-state index contributed by atoms with van der Waals surface area (Å²) in [5, 5.41) is 10.2. The number of halogens is 1. The lowest BCUT2D eigenvalue weighted by molar-refractivity contribution is 0.0944. The molecule has 0 aliphatic heterocycles. The van der Waals surface area contributed by atoms with Crippen LogP contribution in [0.5, 0.6) is 0 Å². The van der Waals surface area contributed by atoms with Gasteiger partial charge in [-0.15, -0.1) is 10.2 Å². The molecule has 1 N–H and O–H groups in total. The number of carbonyl (C=O) groups excluding carboxylic acids is 1. The number of rotatable bonds is 6. The van der Waals surface area contributed by atoms with Crippen molar-refractivity contribution in [1.82, 2.24) is 15.5 Å². The minimum absolute atomic E-state index is 0.244. The maximum Gasteiger partial charge on any atom is 0.271 e. The molecule has 0 aliphatic carbocycles. The van der Waals surface area contributed by atoms with E-state index in [1.807, 2.05) is 0 Å². The third kappa shape index (κ3) is 4.27. The summed E-state index contributed by atoms with van der Waals surface area (Å²) in [4.78, 5) is 11.5. The van der Waals surface area contributed by atoms with Gasteiger partial charge in [-0.25, -0.2) is 0 Å². The summed E-state index contributed by atoms with van der Waals surface area (Å²) in [5.41, 5.74) is 0.244. The maximum atomic E-state index is 11.5. The van der Waals surface area contributed by atoms with Crippen molar-refractivity contribution in [2.75, 3.05) is 13.2 Å². The number of nitrogens with zero attached hydrogens (tertiary/aromatic N) is 2. The van der Waals surface area contributed by atoms with Crippen LogP contribution in [-0.4, -0.2) is 29.3 Å². The summed E-state index contributed by atoms with van der Waals surface area (Å²) in [5.74, 6) is -0.275. The molecule has 0 spiro atoms. The number of amides is 1. The highest BCUT2D eigenvalue weighted by atomic mass is 35.5. The molecule has 0 bridgehead atoms. The van der Waals surface area contributed by atoms with Crippen LogP contribution in [0.3, 0.4) is 0 Å². The van der Waals surface area contributed by atoms with Gasteiger partial charge in [0.15, 0.2) is 10.8 Å². The summed E-state index contributed by atoms with van der Waals surface area (Å²) in [7, 11) is 0. The molecular weight excluding hydrogens is 230 g/mol. The highest BCUT2D eigenvalue weighted by Crippen LogP contribution is 2.01. The van der Waals surface area contributed by atoms with E-state index in [1.165, 1.54) is 18.4 Å². The van der Waals surface area contributed by atoms with E-state index >= 15 is 0 Å². The van der Waals surface area contributed by atoms with Crippen LogP contribution in [0.15, 0.2) is 25.0 Å². The SMILES string of the molecule is C=COCCCNC(=O)c1ccc(Cl)nn1. The number of hydrogen-bond donors (Lipinski definition) is 1. The lowest BCUT2D eigenvalue weighted by Gasteiger charge is -2.03. The van der Waals surface area contributed by atoms with Crippen molar-refractivity contribution in [3.63, 3.8) is 0 Å². The zero-order valence-corrected chi connectivity index (χ0v) is 9.41. The average molecular weight is 242 g/mol. The average Bonchev–Trinajstić information content (AvgIpc) is 2.29. The fourth-order valence-electron chi connectivity index (χ4n) is 0.968. The van der Waals surface area contributed by atoms with Crippen LogP contribution in [0, 0.1) is 0 Å².